The first-order chi connectivity index (χ1) is 11.6. The smallest absolute Gasteiger partial charge is 0.323 e. The number of hydrogen-bond donors (Lipinski definition) is 2. The lowest BCUT2D eigenvalue weighted by Crippen LogP contribution is -2.32. The van der Waals surface area contributed by atoms with Crippen LogP contribution >= 0.6 is 15.9 Å². The van der Waals surface area contributed by atoms with Gasteiger partial charge in [-0.15, -0.1) is 0 Å². The fourth-order valence-electron chi connectivity index (χ4n) is 2.87. The number of carbonyl (C=O) groups excluding carboxylic acids is 1. The standard InChI is InChI=1S/C19H22BrN3O/c1-14-10-12-23(13-11-14)16-8-6-15(7-9-16)21-19(24)22-18-5-3-2-4-17(18)20/h2-9,14H,10-13H2,1H3,(H2,21,22,24). The third kappa shape index (κ3) is 4.29. The quantitative estimate of drug-likeness (QED) is 0.747. The molecule has 0 bridgehead atoms. The molecule has 4 nitrogen and oxygen atoms in total. The third-order valence-electron chi connectivity index (χ3n) is 4.40. The summed E-state index contributed by atoms with van der Waals surface area (Å²) in [6.07, 6.45) is 2.49. The summed E-state index contributed by atoms with van der Waals surface area (Å²) in [5, 5.41) is 5.70. The first-order valence-electron chi connectivity index (χ1n) is 8.29. The Labute approximate surface area is 151 Å². The van der Waals surface area contributed by atoms with Gasteiger partial charge in [0, 0.05) is 28.9 Å². The van der Waals surface area contributed by atoms with Crippen LogP contribution in [0.15, 0.2) is 53.0 Å². The van der Waals surface area contributed by atoms with Crippen molar-refractivity contribution in [2.24, 2.45) is 5.92 Å². The Morgan fingerprint density at radius 3 is 2.38 bits per heavy atom. The number of nitrogens with zero attached hydrogens (tertiary/aromatic N) is 1. The van der Waals surface area contributed by atoms with Crippen molar-refractivity contribution >= 4 is 39.0 Å². The summed E-state index contributed by atoms with van der Waals surface area (Å²) in [5.74, 6) is 0.822. The molecule has 0 aliphatic carbocycles. The normalized spacial score (nSPS) is 15.2. The molecule has 0 spiro atoms. The van der Waals surface area contributed by atoms with Gasteiger partial charge in [-0.05, 0) is 71.1 Å². The van der Waals surface area contributed by atoms with Gasteiger partial charge < -0.3 is 15.5 Å². The van der Waals surface area contributed by atoms with Gasteiger partial charge in [0.05, 0.1) is 5.69 Å². The maximum absolute atomic E-state index is 12.1. The summed E-state index contributed by atoms with van der Waals surface area (Å²) in [6, 6.07) is 15.3. The maximum Gasteiger partial charge on any atom is 0.323 e. The number of para-hydroxylation sites is 1. The molecular formula is C19H22BrN3O. The molecule has 3 rings (SSSR count). The largest absolute Gasteiger partial charge is 0.372 e. The third-order valence-corrected chi connectivity index (χ3v) is 5.09. The highest BCUT2D eigenvalue weighted by Gasteiger charge is 2.15. The Kier molecular flexibility index (Phi) is 5.41. The van der Waals surface area contributed by atoms with E-state index in [1.165, 1.54) is 18.5 Å². The molecule has 1 saturated heterocycles. The van der Waals surface area contributed by atoms with E-state index in [1.807, 2.05) is 36.4 Å². The summed E-state index contributed by atoms with van der Waals surface area (Å²) in [5.41, 5.74) is 2.75. The van der Waals surface area contributed by atoms with Crippen LogP contribution < -0.4 is 15.5 Å². The van der Waals surface area contributed by atoms with E-state index in [0.717, 1.165) is 34.9 Å². The average molecular weight is 388 g/mol. The summed E-state index contributed by atoms with van der Waals surface area (Å²) in [6.45, 7) is 4.53. The number of nitrogens with one attached hydrogen (secondary N) is 2. The van der Waals surface area contributed by atoms with E-state index in [-0.39, 0.29) is 6.03 Å². The Balaban J connectivity index is 1.58. The minimum Gasteiger partial charge on any atom is -0.372 e. The van der Waals surface area contributed by atoms with E-state index in [4.69, 9.17) is 0 Å². The molecule has 0 unspecified atom stereocenters. The molecule has 2 amide bonds. The van der Waals surface area contributed by atoms with Crippen molar-refractivity contribution in [3.05, 3.63) is 53.0 Å². The number of amides is 2. The number of urea groups is 1. The van der Waals surface area contributed by atoms with Crippen LogP contribution in [-0.2, 0) is 0 Å². The Morgan fingerprint density at radius 2 is 1.71 bits per heavy atom. The highest BCUT2D eigenvalue weighted by molar-refractivity contribution is 9.10. The molecule has 2 aromatic carbocycles. The van der Waals surface area contributed by atoms with Crippen molar-refractivity contribution in [1.82, 2.24) is 0 Å². The van der Waals surface area contributed by atoms with Crippen molar-refractivity contribution in [3.8, 4) is 0 Å². The maximum atomic E-state index is 12.1. The topological polar surface area (TPSA) is 44.4 Å². The van der Waals surface area contributed by atoms with Crippen LogP contribution in [0.4, 0.5) is 21.9 Å². The molecule has 1 fully saturated rings. The molecule has 2 aromatic rings. The van der Waals surface area contributed by atoms with Gasteiger partial charge in [0.25, 0.3) is 0 Å². The van der Waals surface area contributed by atoms with Crippen LogP contribution in [0.3, 0.4) is 0 Å². The molecule has 5 heteroatoms. The van der Waals surface area contributed by atoms with Crippen LogP contribution in [0.1, 0.15) is 19.8 Å². The fraction of sp³-hybridized carbons (Fsp3) is 0.316. The highest BCUT2D eigenvalue weighted by Crippen LogP contribution is 2.25. The van der Waals surface area contributed by atoms with E-state index in [9.17, 15) is 4.79 Å². The fourth-order valence-corrected chi connectivity index (χ4v) is 3.25. The van der Waals surface area contributed by atoms with Gasteiger partial charge >= 0.3 is 6.03 Å². The van der Waals surface area contributed by atoms with Crippen LogP contribution in [-0.4, -0.2) is 19.1 Å². The summed E-state index contributed by atoms with van der Waals surface area (Å²) in [4.78, 5) is 14.5. The summed E-state index contributed by atoms with van der Waals surface area (Å²) >= 11 is 3.42. The minimum absolute atomic E-state index is 0.249. The molecule has 0 saturated carbocycles. The van der Waals surface area contributed by atoms with E-state index in [2.05, 4.69) is 50.5 Å². The first-order valence-corrected chi connectivity index (χ1v) is 9.08. The average Bonchev–Trinajstić information content (AvgIpc) is 2.58. The lowest BCUT2D eigenvalue weighted by Gasteiger charge is -2.32. The first kappa shape index (κ1) is 16.8. The molecule has 0 atom stereocenters. The van der Waals surface area contributed by atoms with Crippen LogP contribution in [0.25, 0.3) is 0 Å². The van der Waals surface area contributed by atoms with Crippen molar-refractivity contribution < 1.29 is 4.79 Å². The minimum atomic E-state index is -0.249. The second-order valence-electron chi connectivity index (χ2n) is 6.28. The van der Waals surface area contributed by atoms with Gasteiger partial charge in [0.2, 0.25) is 0 Å². The highest BCUT2D eigenvalue weighted by atomic mass is 79.9. The lowest BCUT2D eigenvalue weighted by atomic mass is 9.99. The van der Waals surface area contributed by atoms with Gasteiger partial charge in [-0.25, -0.2) is 4.79 Å². The number of benzene rings is 2. The molecule has 0 radical (unpaired) electrons. The number of anilines is 3. The van der Waals surface area contributed by atoms with E-state index in [0.29, 0.717) is 0 Å². The van der Waals surface area contributed by atoms with Crippen molar-refractivity contribution in [2.45, 2.75) is 19.8 Å². The van der Waals surface area contributed by atoms with Crippen LogP contribution in [0.5, 0.6) is 0 Å². The molecule has 1 aliphatic rings. The number of piperidine rings is 1. The van der Waals surface area contributed by atoms with Crippen LogP contribution in [0, 0.1) is 5.92 Å². The molecule has 2 N–H and O–H groups in total. The molecule has 1 heterocycles. The zero-order chi connectivity index (χ0) is 16.9. The zero-order valence-corrected chi connectivity index (χ0v) is 15.3. The lowest BCUT2D eigenvalue weighted by molar-refractivity contribution is 0.262. The zero-order valence-electron chi connectivity index (χ0n) is 13.8. The van der Waals surface area contributed by atoms with E-state index < -0.39 is 0 Å². The summed E-state index contributed by atoms with van der Waals surface area (Å²) < 4.78 is 0.856. The van der Waals surface area contributed by atoms with Gasteiger partial charge in [0.15, 0.2) is 0 Å². The van der Waals surface area contributed by atoms with Gasteiger partial charge in [-0.3, -0.25) is 0 Å². The number of rotatable bonds is 3. The van der Waals surface area contributed by atoms with Crippen molar-refractivity contribution in [2.75, 3.05) is 28.6 Å². The van der Waals surface area contributed by atoms with E-state index >= 15 is 0 Å². The Morgan fingerprint density at radius 1 is 1.04 bits per heavy atom. The van der Waals surface area contributed by atoms with Gasteiger partial charge in [0.1, 0.15) is 0 Å². The van der Waals surface area contributed by atoms with Gasteiger partial charge in [-0.2, -0.15) is 0 Å². The summed E-state index contributed by atoms with van der Waals surface area (Å²) in [7, 11) is 0. The van der Waals surface area contributed by atoms with Crippen molar-refractivity contribution in [1.29, 1.82) is 0 Å². The molecule has 1 aliphatic heterocycles. The Bertz CT molecular complexity index is 694. The predicted octanol–water partition coefficient (Wildman–Crippen LogP) is 5.33. The number of halogens is 1. The number of carbonyl (C=O) groups is 1. The number of hydrogen-bond acceptors (Lipinski definition) is 2. The Hall–Kier alpha value is -2.01. The molecule has 0 aromatic heterocycles. The van der Waals surface area contributed by atoms with Gasteiger partial charge in [-0.1, -0.05) is 19.1 Å². The predicted molar refractivity (Wildman–Crippen MR) is 104 cm³/mol. The molecule has 24 heavy (non-hydrogen) atoms. The molecule has 126 valence electrons. The second kappa shape index (κ2) is 7.71. The SMILES string of the molecule is CC1CCN(c2ccc(NC(=O)Nc3ccccc3Br)cc2)CC1. The van der Waals surface area contributed by atoms with Crippen molar-refractivity contribution in [3.63, 3.8) is 0 Å². The monoisotopic (exact) mass is 387 g/mol. The van der Waals surface area contributed by atoms with Crippen LogP contribution in [0.2, 0.25) is 0 Å². The van der Waals surface area contributed by atoms with E-state index in [1.54, 1.807) is 0 Å². The second-order valence-corrected chi connectivity index (χ2v) is 7.13. The molecular weight excluding hydrogens is 366 g/mol.